The Kier molecular flexibility index (Phi) is 8.49. The number of nitrogens with zero attached hydrogens (tertiary/aromatic N) is 3. The average Bonchev–Trinajstić information content (AvgIpc) is 3.41. The zero-order valence-electron chi connectivity index (χ0n) is 38.4. The van der Waals surface area contributed by atoms with Crippen LogP contribution in [0.2, 0.25) is 11.1 Å². The van der Waals surface area contributed by atoms with E-state index >= 15 is 0 Å². The topological polar surface area (TPSA) is 9.72 Å². The molecule has 4 heteroatoms. The third kappa shape index (κ3) is 5.27. The first kappa shape index (κ1) is 39.4. The van der Waals surface area contributed by atoms with E-state index in [0.29, 0.717) is 0 Å². The van der Waals surface area contributed by atoms with Crippen molar-refractivity contribution in [3.05, 3.63) is 161 Å². The number of hydrogen-bond acceptors (Lipinski definition) is 3. The highest BCUT2D eigenvalue weighted by atomic mass is 15.3. The zero-order chi connectivity index (χ0) is 42.4. The van der Waals surface area contributed by atoms with Gasteiger partial charge in [0.25, 0.3) is 0 Å². The fourth-order valence-corrected chi connectivity index (χ4v) is 13.2. The van der Waals surface area contributed by atoms with Gasteiger partial charge in [-0.3, -0.25) is 0 Å². The maximum absolute atomic E-state index is 2.95. The minimum atomic E-state index is -0.406. The third-order valence-corrected chi connectivity index (χ3v) is 16.6. The summed E-state index contributed by atoms with van der Waals surface area (Å²) in [6, 6.07) is 35.3. The number of rotatable bonds is 4. The molecular formula is C56H66BN3. The summed E-state index contributed by atoms with van der Waals surface area (Å²) >= 11 is 0. The maximum Gasteiger partial charge on any atom is 0.203 e. The second-order valence-electron chi connectivity index (χ2n) is 22.3. The van der Waals surface area contributed by atoms with Gasteiger partial charge in [0.05, 0.1) is 17.1 Å². The van der Waals surface area contributed by atoms with E-state index in [2.05, 4.69) is 219 Å². The molecule has 0 radical (unpaired) electrons. The molecule has 6 atom stereocenters. The summed E-state index contributed by atoms with van der Waals surface area (Å²) in [7, 11) is 0. The molecule has 1 saturated carbocycles. The molecule has 1 saturated heterocycles. The zero-order valence-corrected chi connectivity index (χ0v) is 38.4. The van der Waals surface area contributed by atoms with Crippen molar-refractivity contribution >= 4 is 34.9 Å². The van der Waals surface area contributed by atoms with E-state index < -0.39 is 5.54 Å². The van der Waals surface area contributed by atoms with Crippen LogP contribution in [0.25, 0.3) is 0 Å². The lowest BCUT2D eigenvalue weighted by atomic mass is 9.17. The number of anilines is 4. The Labute approximate surface area is 362 Å². The minimum Gasteiger partial charge on any atom is -0.356 e. The van der Waals surface area contributed by atoms with E-state index in [1.807, 2.05) is 0 Å². The van der Waals surface area contributed by atoms with Crippen LogP contribution in [0.15, 0.2) is 138 Å². The van der Waals surface area contributed by atoms with Gasteiger partial charge in [0.1, 0.15) is 0 Å². The standard InChI is InChI=1S/C56H66BN3/c1-37-20-13-15-24-45(37)58(46-25-16-14-21-38(46)2)42-34-47-50-55(11,36-42)59(41-29-26-39(27-30-41)51(3,4)5)48-31-28-40(52(6,7)8)35-54(48,10)57(50)44-23-19-22-43-49(44)60(47)56(12)33-18-17-32-53(43,56)9/h13-16,19-31,34-36,48,50H,17-18,32-33H2,1-12H3. The first-order valence-corrected chi connectivity index (χ1v) is 22.9. The Morgan fingerprint density at radius 3 is 1.95 bits per heavy atom. The molecule has 3 heterocycles. The molecule has 0 spiro atoms. The molecule has 0 aromatic heterocycles. The lowest BCUT2D eigenvalue weighted by molar-refractivity contribution is 0.188. The molecule has 3 nitrogen and oxygen atoms in total. The largest absolute Gasteiger partial charge is 0.356 e. The van der Waals surface area contributed by atoms with Crippen molar-refractivity contribution in [1.29, 1.82) is 0 Å². The average molecular weight is 792 g/mol. The van der Waals surface area contributed by atoms with E-state index in [1.54, 1.807) is 11.0 Å². The quantitative estimate of drug-likeness (QED) is 0.191. The number of hydrogen-bond donors (Lipinski definition) is 0. The van der Waals surface area contributed by atoms with Gasteiger partial charge in [-0.15, -0.1) is 0 Å². The van der Waals surface area contributed by atoms with Gasteiger partial charge in [-0.2, -0.15) is 0 Å². The number of aryl methyl sites for hydroxylation is 2. The molecule has 308 valence electrons. The van der Waals surface area contributed by atoms with Crippen LogP contribution < -0.4 is 20.2 Å². The summed E-state index contributed by atoms with van der Waals surface area (Å²) in [5, 5.41) is -0.197. The monoisotopic (exact) mass is 792 g/mol. The Balaban J connectivity index is 1.33. The first-order chi connectivity index (χ1) is 28.3. The van der Waals surface area contributed by atoms with Crippen LogP contribution in [-0.2, 0) is 10.8 Å². The summed E-state index contributed by atoms with van der Waals surface area (Å²) in [4.78, 5) is 8.42. The number of benzene rings is 4. The molecule has 2 fully saturated rings. The van der Waals surface area contributed by atoms with Crippen molar-refractivity contribution in [1.82, 2.24) is 0 Å². The van der Waals surface area contributed by atoms with E-state index in [0.717, 1.165) is 0 Å². The van der Waals surface area contributed by atoms with Gasteiger partial charge in [0, 0.05) is 45.4 Å². The van der Waals surface area contributed by atoms with Crippen LogP contribution in [0.3, 0.4) is 0 Å². The van der Waals surface area contributed by atoms with Gasteiger partial charge in [-0.05, 0) is 121 Å². The highest BCUT2D eigenvalue weighted by Gasteiger charge is 2.70. The fraction of sp³-hybridized carbons (Fsp3) is 0.429. The van der Waals surface area contributed by atoms with Gasteiger partial charge >= 0.3 is 0 Å². The maximum atomic E-state index is 2.95. The van der Waals surface area contributed by atoms with Gasteiger partial charge in [-0.25, -0.2) is 0 Å². The predicted molar refractivity (Wildman–Crippen MR) is 258 cm³/mol. The summed E-state index contributed by atoms with van der Waals surface area (Å²) in [6.07, 6.45) is 18.2. The highest BCUT2D eigenvalue weighted by Crippen LogP contribution is 2.69. The van der Waals surface area contributed by atoms with Gasteiger partial charge < -0.3 is 14.7 Å². The van der Waals surface area contributed by atoms with E-state index in [9.17, 15) is 0 Å². The van der Waals surface area contributed by atoms with Crippen molar-refractivity contribution in [2.45, 2.75) is 148 Å². The molecule has 0 amide bonds. The summed E-state index contributed by atoms with van der Waals surface area (Å²) < 4.78 is 0. The van der Waals surface area contributed by atoms with Gasteiger partial charge in [0.2, 0.25) is 6.71 Å². The molecular weight excluding hydrogens is 725 g/mol. The van der Waals surface area contributed by atoms with E-state index in [1.165, 1.54) is 82.1 Å². The first-order valence-electron chi connectivity index (χ1n) is 22.9. The van der Waals surface area contributed by atoms with E-state index in [-0.39, 0.29) is 45.7 Å². The highest BCUT2D eigenvalue weighted by molar-refractivity contribution is 6.81. The third-order valence-electron chi connectivity index (χ3n) is 16.6. The second-order valence-corrected chi connectivity index (χ2v) is 22.3. The van der Waals surface area contributed by atoms with Gasteiger partial charge in [0.15, 0.2) is 0 Å². The van der Waals surface area contributed by atoms with Crippen LogP contribution >= 0.6 is 0 Å². The molecule has 3 aliphatic carbocycles. The van der Waals surface area contributed by atoms with Crippen LogP contribution in [0.4, 0.5) is 22.7 Å². The van der Waals surface area contributed by atoms with Crippen LogP contribution in [0.1, 0.15) is 117 Å². The predicted octanol–water partition coefficient (Wildman–Crippen LogP) is 13.7. The number of para-hydroxylation sites is 3. The Hall–Kier alpha value is -4.70. The number of allylic oxidation sites excluding steroid dienone is 3. The van der Waals surface area contributed by atoms with Crippen LogP contribution in [0, 0.1) is 19.3 Å². The Bertz CT molecular complexity index is 2500. The van der Waals surface area contributed by atoms with Crippen molar-refractivity contribution in [3.63, 3.8) is 0 Å². The summed E-state index contributed by atoms with van der Waals surface area (Å²) in [5.41, 5.74) is 16.2. The van der Waals surface area contributed by atoms with Crippen LogP contribution in [-0.4, -0.2) is 23.8 Å². The fourth-order valence-electron chi connectivity index (χ4n) is 13.2. The lowest BCUT2D eigenvalue weighted by Gasteiger charge is -2.67. The smallest absolute Gasteiger partial charge is 0.203 e. The molecule has 3 aliphatic heterocycles. The Morgan fingerprint density at radius 2 is 1.33 bits per heavy atom. The minimum absolute atomic E-state index is 0.0273. The summed E-state index contributed by atoms with van der Waals surface area (Å²) in [6.45, 7) is 29.4. The van der Waals surface area contributed by atoms with Crippen molar-refractivity contribution in [2.75, 3.05) is 14.7 Å². The molecule has 4 aromatic rings. The Morgan fingerprint density at radius 1 is 0.700 bits per heavy atom. The number of fused-ring (bicyclic) bond motifs is 7. The SMILES string of the molecule is Cc1ccccc1N(C1=CC2(C)C3B(c4cccc5c4N(C3=C1)C1(C)CCCCC51C)C1(C)C=C(C(C)(C)C)C=CC1N2c1ccc(C(C)(C)C)cc1)c1ccccc1C. The molecule has 10 rings (SSSR count). The molecule has 6 unspecified atom stereocenters. The molecule has 60 heavy (non-hydrogen) atoms. The van der Waals surface area contributed by atoms with Crippen molar-refractivity contribution < 1.29 is 0 Å². The van der Waals surface area contributed by atoms with Crippen LogP contribution in [0.5, 0.6) is 0 Å². The van der Waals surface area contributed by atoms with Crippen molar-refractivity contribution in [2.24, 2.45) is 5.41 Å². The molecule has 6 aliphatic rings. The van der Waals surface area contributed by atoms with Gasteiger partial charge in [-0.1, -0.05) is 159 Å². The molecule has 4 aromatic carbocycles. The second kappa shape index (κ2) is 12.9. The summed E-state index contributed by atoms with van der Waals surface area (Å²) in [5.74, 6) is 0.188. The van der Waals surface area contributed by atoms with Crippen molar-refractivity contribution in [3.8, 4) is 0 Å². The molecule has 0 bridgehead atoms. The lowest BCUT2D eigenvalue weighted by Crippen LogP contribution is -2.74. The normalized spacial score (nSPS) is 30.1. The van der Waals surface area contributed by atoms with E-state index in [4.69, 9.17) is 0 Å². The molecule has 0 N–H and O–H groups in total.